The van der Waals surface area contributed by atoms with Crippen molar-refractivity contribution in [2.24, 2.45) is 5.73 Å². The van der Waals surface area contributed by atoms with Crippen molar-refractivity contribution in [1.29, 1.82) is 0 Å². The second kappa shape index (κ2) is 6.76. The molecule has 0 aliphatic rings. The van der Waals surface area contributed by atoms with Crippen LogP contribution in [-0.4, -0.2) is 20.6 Å². The second-order valence-corrected chi connectivity index (χ2v) is 6.54. The Labute approximate surface area is 122 Å². The van der Waals surface area contributed by atoms with Gasteiger partial charge in [-0.15, -0.1) is 0 Å². The molecule has 3 N–H and O–H groups in total. The van der Waals surface area contributed by atoms with E-state index in [1.165, 1.54) is 19.1 Å². The zero-order valence-electron chi connectivity index (χ0n) is 11.9. The number of alkyl halides is 3. The smallest absolute Gasteiger partial charge is 0.326 e. The van der Waals surface area contributed by atoms with Crippen molar-refractivity contribution >= 4 is 10.0 Å². The second-order valence-electron chi connectivity index (χ2n) is 4.83. The summed E-state index contributed by atoms with van der Waals surface area (Å²) in [5, 5.41) is 0. The fourth-order valence-corrected chi connectivity index (χ4v) is 3.32. The number of rotatable bonds is 6. The molecule has 0 aliphatic carbocycles. The number of nitrogens with two attached hydrogens (primary N) is 1. The first kappa shape index (κ1) is 17.9. The average Bonchev–Trinajstić information content (AvgIpc) is 2.34. The molecule has 1 aromatic rings. The molecule has 21 heavy (non-hydrogen) atoms. The quantitative estimate of drug-likeness (QED) is 0.843. The van der Waals surface area contributed by atoms with Crippen LogP contribution in [0.4, 0.5) is 13.2 Å². The molecule has 0 heterocycles. The summed E-state index contributed by atoms with van der Waals surface area (Å²) in [4.78, 5) is -0.0748. The highest BCUT2D eigenvalue weighted by Crippen LogP contribution is 2.23. The van der Waals surface area contributed by atoms with E-state index in [1.54, 1.807) is 6.07 Å². The first-order valence-electron chi connectivity index (χ1n) is 6.50. The van der Waals surface area contributed by atoms with Gasteiger partial charge in [0.25, 0.3) is 0 Å². The minimum absolute atomic E-state index is 0.0748. The van der Waals surface area contributed by atoms with Gasteiger partial charge in [-0.05, 0) is 36.6 Å². The number of benzene rings is 1. The number of hydrogen-bond acceptors (Lipinski definition) is 3. The summed E-state index contributed by atoms with van der Waals surface area (Å²) in [7, 11) is -4.00. The summed E-state index contributed by atoms with van der Waals surface area (Å²) in [5.74, 6) is 0. The predicted molar refractivity (Wildman–Crippen MR) is 74.2 cm³/mol. The molecular weight excluding hydrogens is 305 g/mol. The highest BCUT2D eigenvalue weighted by atomic mass is 32.2. The minimum atomic E-state index is -4.42. The highest BCUT2D eigenvalue weighted by molar-refractivity contribution is 7.89. The largest absolute Gasteiger partial charge is 0.390 e. The van der Waals surface area contributed by atoms with E-state index >= 15 is 0 Å². The lowest BCUT2D eigenvalue weighted by atomic mass is 10.1. The Morgan fingerprint density at radius 3 is 2.38 bits per heavy atom. The van der Waals surface area contributed by atoms with Crippen molar-refractivity contribution in [3.63, 3.8) is 0 Å². The number of hydrogen-bond donors (Lipinski definition) is 2. The average molecular weight is 324 g/mol. The molecule has 0 fully saturated rings. The summed E-state index contributed by atoms with van der Waals surface area (Å²) >= 11 is 0. The molecule has 8 heteroatoms. The molecule has 120 valence electrons. The van der Waals surface area contributed by atoms with Crippen LogP contribution in [0.1, 0.15) is 31.4 Å². The van der Waals surface area contributed by atoms with E-state index in [-0.39, 0.29) is 11.4 Å². The molecular formula is C13H19F3N2O2S. The maximum absolute atomic E-state index is 12.2. The zero-order chi connectivity index (χ0) is 16.3. The van der Waals surface area contributed by atoms with Crippen LogP contribution < -0.4 is 10.5 Å². The van der Waals surface area contributed by atoms with E-state index in [9.17, 15) is 21.6 Å². The van der Waals surface area contributed by atoms with Gasteiger partial charge in [-0.3, -0.25) is 0 Å². The fraction of sp³-hybridized carbons (Fsp3) is 0.538. The maximum atomic E-state index is 12.2. The summed E-state index contributed by atoms with van der Waals surface area (Å²) in [5.41, 5.74) is 7.15. The molecule has 0 aliphatic heterocycles. The summed E-state index contributed by atoms with van der Waals surface area (Å²) < 4.78 is 62.9. The Morgan fingerprint density at radius 2 is 1.90 bits per heavy atom. The van der Waals surface area contributed by atoms with Crippen LogP contribution in [0.25, 0.3) is 0 Å². The Kier molecular flexibility index (Phi) is 5.77. The lowest BCUT2D eigenvalue weighted by Gasteiger charge is -2.17. The molecule has 0 saturated heterocycles. The van der Waals surface area contributed by atoms with Gasteiger partial charge in [0.15, 0.2) is 0 Å². The third-order valence-corrected chi connectivity index (χ3v) is 4.57. The van der Waals surface area contributed by atoms with Crippen LogP contribution in [-0.2, 0) is 23.0 Å². The van der Waals surface area contributed by atoms with Gasteiger partial charge in [-0.2, -0.15) is 13.2 Å². The fourth-order valence-electron chi connectivity index (χ4n) is 2.03. The monoisotopic (exact) mass is 324 g/mol. The van der Waals surface area contributed by atoms with Crippen molar-refractivity contribution in [1.82, 2.24) is 4.72 Å². The molecule has 1 atom stereocenters. The van der Waals surface area contributed by atoms with Crippen molar-refractivity contribution < 1.29 is 21.6 Å². The van der Waals surface area contributed by atoms with E-state index in [0.29, 0.717) is 12.0 Å². The van der Waals surface area contributed by atoms with Crippen LogP contribution in [0.5, 0.6) is 0 Å². The molecule has 1 aromatic carbocycles. The topological polar surface area (TPSA) is 72.2 Å². The van der Waals surface area contributed by atoms with Crippen molar-refractivity contribution in [2.75, 3.05) is 0 Å². The molecule has 4 nitrogen and oxygen atoms in total. The third-order valence-electron chi connectivity index (χ3n) is 2.98. The molecule has 1 rings (SSSR count). The van der Waals surface area contributed by atoms with Gasteiger partial charge in [0, 0.05) is 12.6 Å². The van der Waals surface area contributed by atoms with Gasteiger partial charge in [-0.25, -0.2) is 13.1 Å². The van der Waals surface area contributed by atoms with Crippen molar-refractivity contribution in [3.8, 4) is 0 Å². The van der Waals surface area contributed by atoms with Crippen LogP contribution in [0, 0.1) is 0 Å². The van der Waals surface area contributed by atoms with Gasteiger partial charge in [0.2, 0.25) is 10.0 Å². The molecule has 0 spiro atoms. The molecule has 0 aromatic heterocycles. The van der Waals surface area contributed by atoms with Crippen LogP contribution in [0.3, 0.4) is 0 Å². The minimum Gasteiger partial charge on any atom is -0.326 e. The first-order valence-corrected chi connectivity index (χ1v) is 7.98. The maximum Gasteiger partial charge on any atom is 0.390 e. The van der Waals surface area contributed by atoms with E-state index in [2.05, 4.69) is 0 Å². The first-order chi connectivity index (χ1) is 9.59. The Balaban J connectivity index is 2.98. The van der Waals surface area contributed by atoms with Gasteiger partial charge >= 0.3 is 6.18 Å². The Hall–Kier alpha value is -1.12. The summed E-state index contributed by atoms with van der Waals surface area (Å²) in [6.07, 6.45) is -4.94. The third kappa shape index (κ3) is 5.29. The van der Waals surface area contributed by atoms with E-state index in [4.69, 9.17) is 5.73 Å². The molecule has 0 saturated carbocycles. The number of halogens is 3. The Morgan fingerprint density at radius 1 is 1.29 bits per heavy atom. The van der Waals surface area contributed by atoms with Gasteiger partial charge in [-0.1, -0.05) is 13.0 Å². The number of sulfonamides is 1. The zero-order valence-corrected chi connectivity index (χ0v) is 12.7. The van der Waals surface area contributed by atoms with Crippen LogP contribution in [0.2, 0.25) is 0 Å². The lowest BCUT2D eigenvalue weighted by Crippen LogP contribution is -2.36. The van der Waals surface area contributed by atoms with Crippen molar-refractivity contribution in [2.45, 2.75) is 50.3 Å². The SMILES string of the molecule is CCc1ccc(S(=O)(=O)NC(C)CC(F)(F)F)cc1CN. The van der Waals surface area contributed by atoms with E-state index < -0.39 is 28.7 Å². The lowest BCUT2D eigenvalue weighted by molar-refractivity contribution is -0.137. The Bertz CT molecular complexity index is 586. The van der Waals surface area contributed by atoms with E-state index in [0.717, 1.165) is 5.56 Å². The van der Waals surface area contributed by atoms with Gasteiger partial charge in [0.1, 0.15) is 0 Å². The normalized spacial score (nSPS) is 14.2. The molecule has 0 amide bonds. The predicted octanol–water partition coefficient (Wildman–Crippen LogP) is 2.33. The summed E-state index contributed by atoms with van der Waals surface area (Å²) in [6.45, 7) is 3.26. The van der Waals surface area contributed by atoms with E-state index in [1.807, 2.05) is 11.6 Å². The summed E-state index contributed by atoms with van der Waals surface area (Å²) in [6, 6.07) is 3.18. The standard InChI is InChI=1S/C13H19F3N2O2S/c1-3-10-4-5-12(6-11(10)8-17)21(19,20)18-9(2)7-13(14,15)16/h4-6,9,18H,3,7-8,17H2,1-2H3. The molecule has 0 radical (unpaired) electrons. The van der Waals surface area contributed by atoms with Crippen LogP contribution >= 0.6 is 0 Å². The highest BCUT2D eigenvalue weighted by Gasteiger charge is 2.32. The number of nitrogens with one attached hydrogen (secondary N) is 1. The van der Waals surface area contributed by atoms with Crippen molar-refractivity contribution in [3.05, 3.63) is 29.3 Å². The molecule has 1 unspecified atom stereocenters. The molecule has 0 bridgehead atoms. The van der Waals surface area contributed by atoms with Crippen LogP contribution in [0.15, 0.2) is 23.1 Å². The number of aryl methyl sites for hydroxylation is 1. The van der Waals surface area contributed by atoms with Gasteiger partial charge in [0.05, 0.1) is 11.3 Å². The van der Waals surface area contributed by atoms with Gasteiger partial charge < -0.3 is 5.73 Å².